The van der Waals surface area contributed by atoms with E-state index in [0.29, 0.717) is 0 Å². The van der Waals surface area contributed by atoms with Crippen molar-refractivity contribution in [2.24, 2.45) is 0 Å². The predicted octanol–water partition coefficient (Wildman–Crippen LogP) is 2.46. The second kappa shape index (κ2) is 5.68. The van der Waals surface area contributed by atoms with Crippen LogP contribution in [0.4, 0.5) is 0 Å². The Labute approximate surface area is 90.2 Å². The molecule has 0 atom stereocenters. The van der Waals surface area contributed by atoms with Crippen LogP contribution in [0.1, 0.15) is 10.4 Å². The van der Waals surface area contributed by atoms with Gasteiger partial charge in [-0.05, 0) is 37.4 Å². The number of hydrogen-bond acceptors (Lipinski definition) is 3. The highest BCUT2D eigenvalue weighted by atomic mass is 32.1. The zero-order valence-corrected chi connectivity index (χ0v) is 10.00. The predicted molar refractivity (Wildman–Crippen MR) is 64.1 cm³/mol. The monoisotopic (exact) mass is 215 g/mol. The molecule has 0 saturated carbocycles. The summed E-state index contributed by atoms with van der Waals surface area (Å²) in [6, 6.07) is 2.19. The lowest BCUT2D eigenvalue weighted by Crippen LogP contribution is -2.23. The molecule has 0 saturated heterocycles. The van der Waals surface area contributed by atoms with Crippen molar-refractivity contribution in [1.29, 1.82) is 0 Å². The van der Waals surface area contributed by atoms with Crippen LogP contribution in [0.5, 0.6) is 0 Å². The third-order valence-corrected chi connectivity index (χ3v) is 3.45. The summed E-state index contributed by atoms with van der Waals surface area (Å²) in [4.78, 5) is 3.85. The minimum atomic E-state index is 0.944. The van der Waals surface area contributed by atoms with Crippen LogP contribution < -0.4 is 0 Å². The van der Waals surface area contributed by atoms with Gasteiger partial charge in [-0.1, -0.05) is 0 Å². The number of thiol groups is 1. The van der Waals surface area contributed by atoms with Crippen LogP contribution in [0.3, 0.4) is 0 Å². The molecule has 0 amide bonds. The van der Waals surface area contributed by atoms with E-state index in [1.54, 1.807) is 0 Å². The van der Waals surface area contributed by atoms with E-state index in [-0.39, 0.29) is 0 Å². The van der Waals surface area contributed by atoms with E-state index in [9.17, 15) is 0 Å². The summed E-state index contributed by atoms with van der Waals surface area (Å²) in [5.74, 6) is 0.944. The third-order valence-electron chi connectivity index (χ3n) is 2.17. The van der Waals surface area contributed by atoms with Crippen molar-refractivity contribution in [2.45, 2.75) is 13.3 Å². The number of nitrogens with zero attached hydrogens (tertiary/aromatic N) is 1. The normalized spacial score (nSPS) is 11.1. The van der Waals surface area contributed by atoms with Crippen molar-refractivity contribution in [3.05, 3.63) is 21.9 Å². The van der Waals surface area contributed by atoms with E-state index in [2.05, 4.69) is 42.9 Å². The first kappa shape index (κ1) is 11.1. The zero-order chi connectivity index (χ0) is 9.68. The van der Waals surface area contributed by atoms with Crippen molar-refractivity contribution in [3.63, 3.8) is 0 Å². The van der Waals surface area contributed by atoms with Crippen LogP contribution in [0.15, 0.2) is 11.4 Å². The Morgan fingerprint density at radius 3 is 2.77 bits per heavy atom. The molecule has 74 valence electrons. The quantitative estimate of drug-likeness (QED) is 0.739. The molecule has 0 aliphatic heterocycles. The van der Waals surface area contributed by atoms with Gasteiger partial charge in [0.2, 0.25) is 0 Å². The average molecular weight is 215 g/mol. The fourth-order valence-electron chi connectivity index (χ4n) is 1.24. The summed E-state index contributed by atoms with van der Waals surface area (Å²) in [7, 11) is 2.15. The summed E-state index contributed by atoms with van der Waals surface area (Å²) in [6.07, 6.45) is 1.17. The lowest BCUT2D eigenvalue weighted by Gasteiger charge is -2.14. The van der Waals surface area contributed by atoms with E-state index >= 15 is 0 Å². The summed E-state index contributed by atoms with van der Waals surface area (Å²) in [6.45, 7) is 4.40. The number of aryl methyl sites for hydroxylation is 1. The molecule has 0 aliphatic rings. The van der Waals surface area contributed by atoms with Gasteiger partial charge in [-0.15, -0.1) is 11.3 Å². The maximum absolute atomic E-state index is 4.21. The van der Waals surface area contributed by atoms with Crippen molar-refractivity contribution in [2.75, 3.05) is 25.9 Å². The standard InChI is InChI=1S/C10H17NS2/c1-9-4-8-13-10(9)3-5-11(2)6-7-12/h4,8,12H,3,5-7H2,1-2H3. The van der Waals surface area contributed by atoms with E-state index in [4.69, 9.17) is 0 Å². The zero-order valence-electron chi connectivity index (χ0n) is 8.29. The highest BCUT2D eigenvalue weighted by Gasteiger charge is 2.01. The second-order valence-corrected chi connectivity index (χ2v) is 4.75. The molecule has 0 fully saturated rings. The number of likely N-dealkylation sites (N-methyl/N-ethyl adjacent to an activating group) is 1. The SMILES string of the molecule is Cc1ccsc1CCN(C)CCS. The van der Waals surface area contributed by atoms with Gasteiger partial charge in [0, 0.05) is 23.7 Å². The summed E-state index contributed by atoms with van der Waals surface area (Å²) in [5.41, 5.74) is 1.43. The Morgan fingerprint density at radius 2 is 2.23 bits per heavy atom. The highest BCUT2D eigenvalue weighted by molar-refractivity contribution is 7.80. The Bertz CT molecular complexity index is 245. The minimum absolute atomic E-state index is 0.944. The van der Waals surface area contributed by atoms with Crippen LogP contribution in [0.25, 0.3) is 0 Å². The maximum atomic E-state index is 4.21. The molecule has 0 N–H and O–H groups in total. The second-order valence-electron chi connectivity index (χ2n) is 3.30. The number of thiophene rings is 1. The smallest absolute Gasteiger partial charge is 0.00871 e. The number of hydrogen-bond donors (Lipinski definition) is 1. The van der Waals surface area contributed by atoms with Gasteiger partial charge in [-0.3, -0.25) is 0 Å². The van der Waals surface area contributed by atoms with Crippen LogP contribution in [0, 0.1) is 6.92 Å². The van der Waals surface area contributed by atoms with Crippen LogP contribution in [0.2, 0.25) is 0 Å². The maximum Gasteiger partial charge on any atom is 0.00871 e. The molecule has 0 aliphatic carbocycles. The van der Waals surface area contributed by atoms with Gasteiger partial charge in [-0.2, -0.15) is 12.6 Å². The molecule has 0 aromatic carbocycles. The van der Waals surface area contributed by atoms with Gasteiger partial charge in [-0.25, -0.2) is 0 Å². The first-order chi connectivity index (χ1) is 6.24. The Balaban J connectivity index is 2.30. The molecule has 1 nitrogen and oxygen atoms in total. The molecule has 0 spiro atoms. The summed E-state index contributed by atoms with van der Waals surface area (Å²) < 4.78 is 0. The molecular formula is C10H17NS2. The van der Waals surface area contributed by atoms with Gasteiger partial charge < -0.3 is 4.90 Å². The van der Waals surface area contributed by atoms with E-state index in [1.807, 2.05) is 11.3 Å². The van der Waals surface area contributed by atoms with E-state index < -0.39 is 0 Å². The van der Waals surface area contributed by atoms with E-state index in [0.717, 1.165) is 18.8 Å². The van der Waals surface area contributed by atoms with Gasteiger partial charge >= 0.3 is 0 Å². The van der Waals surface area contributed by atoms with Crippen molar-refractivity contribution >= 4 is 24.0 Å². The van der Waals surface area contributed by atoms with Gasteiger partial charge in [0.15, 0.2) is 0 Å². The molecule has 1 rings (SSSR count). The largest absolute Gasteiger partial charge is 0.305 e. The highest BCUT2D eigenvalue weighted by Crippen LogP contribution is 2.15. The fraction of sp³-hybridized carbons (Fsp3) is 0.600. The molecule has 1 aromatic rings. The molecule has 3 heteroatoms. The molecule has 0 unspecified atom stereocenters. The lowest BCUT2D eigenvalue weighted by molar-refractivity contribution is 0.361. The van der Waals surface area contributed by atoms with E-state index in [1.165, 1.54) is 16.9 Å². The molecule has 0 radical (unpaired) electrons. The minimum Gasteiger partial charge on any atom is -0.305 e. The van der Waals surface area contributed by atoms with Crippen molar-refractivity contribution < 1.29 is 0 Å². The summed E-state index contributed by atoms with van der Waals surface area (Å²) in [5, 5.41) is 2.17. The van der Waals surface area contributed by atoms with Crippen molar-refractivity contribution in [3.8, 4) is 0 Å². The fourth-order valence-corrected chi connectivity index (χ4v) is 2.48. The van der Waals surface area contributed by atoms with Crippen LogP contribution >= 0.6 is 24.0 Å². The molecular weight excluding hydrogens is 198 g/mol. The Hall–Kier alpha value is 0.01000. The lowest BCUT2D eigenvalue weighted by atomic mass is 10.2. The number of rotatable bonds is 5. The third kappa shape index (κ3) is 3.71. The Morgan fingerprint density at radius 1 is 1.46 bits per heavy atom. The average Bonchev–Trinajstić information content (AvgIpc) is 2.48. The topological polar surface area (TPSA) is 3.24 Å². The first-order valence-electron chi connectivity index (χ1n) is 4.56. The Kier molecular flexibility index (Phi) is 4.84. The van der Waals surface area contributed by atoms with Crippen LogP contribution in [-0.2, 0) is 6.42 Å². The first-order valence-corrected chi connectivity index (χ1v) is 6.07. The molecule has 1 heterocycles. The van der Waals surface area contributed by atoms with Crippen LogP contribution in [-0.4, -0.2) is 30.8 Å². The van der Waals surface area contributed by atoms with Crippen molar-refractivity contribution in [1.82, 2.24) is 4.90 Å². The molecule has 13 heavy (non-hydrogen) atoms. The molecule has 1 aromatic heterocycles. The van der Waals surface area contributed by atoms with Gasteiger partial charge in [0.25, 0.3) is 0 Å². The summed E-state index contributed by atoms with van der Waals surface area (Å²) >= 11 is 6.07. The molecule has 0 bridgehead atoms. The van der Waals surface area contributed by atoms with Gasteiger partial charge in [0.05, 0.1) is 0 Å². The van der Waals surface area contributed by atoms with Gasteiger partial charge in [0.1, 0.15) is 0 Å².